The SMILES string of the molecule is CC1=[C-]C(C)([Si](c2ccccc2)(c2ccc(C)cc2)c2ccc(C)cc2)C(C)=C1C.CC1=[C-]C(C)([Si](c2ccccc2)(c2cccc(C)c2C)c2cccc(C)c2C)C(C)=C1C.[CH3-].[CH3-].[CH3-].[CH3-].[CH3-].[CH3-].[Ti+4].[Ti+4]. The second kappa shape index (κ2) is 26.7. The van der Waals surface area contributed by atoms with Crippen LogP contribution in [-0.4, -0.2) is 16.1 Å². The van der Waals surface area contributed by atoms with Crippen LogP contribution in [0.1, 0.15) is 88.8 Å². The molecule has 0 nitrogen and oxygen atoms in total. The molecule has 0 aromatic heterocycles. The minimum absolute atomic E-state index is 0. The van der Waals surface area contributed by atoms with E-state index in [1.807, 2.05) is 0 Å². The Morgan fingerprint density at radius 3 is 0.914 bits per heavy atom. The molecule has 0 spiro atoms. The van der Waals surface area contributed by atoms with Gasteiger partial charge in [0.2, 0.25) is 0 Å². The van der Waals surface area contributed by atoms with Gasteiger partial charge >= 0.3 is 43.4 Å². The molecular weight excluding hydrogens is 945 g/mol. The van der Waals surface area contributed by atoms with Crippen molar-refractivity contribution in [3.8, 4) is 0 Å². The molecule has 70 heavy (non-hydrogen) atoms. The quantitative estimate of drug-likeness (QED) is 0.0810. The zero-order valence-corrected chi connectivity index (χ0v) is 52.0. The van der Waals surface area contributed by atoms with Crippen LogP contribution in [0, 0.1) is 98.3 Å². The van der Waals surface area contributed by atoms with Gasteiger partial charge in [0.25, 0.3) is 0 Å². The molecule has 0 saturated carbocycles. The van der Waals surface area contributed by atoms with Crippen molar-refractivity contribution in [3.63, 3.8) is 0 Å². The number of aryl methyl sites for hydroxylation is 4. The van der Waals surface area contributed by atoms with E-state index in [9.17, 15) is 0 Å². The number of allylic oxidation sites excluding steroid dienone is 8. The third-order valence-electron chi connectivity index (χ3n) is 15.5. The second-order valence-corrected chi connectivity index (χ2v) is 27.1. The van der Waals surface area contributed by atoms with Gasteiger partial charge in [-0.25, -0.2) is 11.1 Å². The van der Waals surface area contributed by atoms with Crippen molar-refractivity contribution in [2.75, 3.05) is 0 Å². The van der Waals surface area contributed by atoms with Crippen LogP contribution in [0.2, 0.25) is 10.1 Å². The summed E-state index contributed by atoms with van der Waals surface area (Å²) >= 11 is 0. The Hall–Kier alpha value is -3.86. The molecule has 6 aromatic carbocycles. The zero-order valence-electron chi connectivity index (χ0n) is 46.9. The van der Waals surface area contributed by atoms with E-state index in [1.54, 1.807) is 0 Å². The second-order valence-electron chi connectivity index (χ2n) is 18.7. The molecule has 0 saturated heterocycles. The van der Waals surface area contributed by atoms with Crippen LogP contribution in [0.3, 0.4) is 0 Å². The van der Waals surface area contributed by atoms with Crippen molar-refractivity contribution in [1.29, 1.82) is 0 Å². The summed E-state index contributed by atoms with van der Waals surface area (Å²) in [6.45, 7) is 32.0. The van der Waals surface area contributed by atoms with Crippen molar-refractivity contribution >= 4 is 47.3 Å². The number of rotatable bonds is 8. The summed E-state index contributed by atoms with van der Waals surface area (Å²) in [5, 5.41) is 8.46. The largest absolute Gasteiger partial charge is 4.00 e. The van der Waals surface area contributed by atoms with Gasteiger partial charge in [0, 0.05) is 0 Å². The number of hydrogen-bond acceptors (Lipinski definition) is 0. The fraction of sp³-hybridized carbons (Fsp3) is 0.242. The van der Waals surface area contributed by atoms with Gasteiger partial charge in [0.1, 0.15) is 16.1 Å². The van der Waals surface area contributed by atoms with Gasteiger partial charge in [-0.05, 0) is 94.9 Å². The van der Waals surface area contributed by atoms with Crippen LogP contribution in [0.25, 0.3) is 0 Å². The van der Waals surface area contributed by atoms with Crippen LogP contribution in [0.5, 0.6) is 0 Å². The van der Waals surface area contributed by atoms with E-state index in [0.717, 1.165) is 0 Å². The van der Waals surface area contributed by atoms with E-state index in [2.05, 4.69) is 255 Å². The summed E-state index contributed by atoms with van der Waals surface area (Å²) in [5.41, 5.74) is 16.5. The Bertz CT molecular complexity index is 2660. The van der Waals surface area contributed by atoms with Crippen LogP contribution >= 0.6 is 0 Å². The van der Waals surface area contributed by atoms with Crippen LogP contribution < -0.4 is 31.1 Å². The molecule has 0 heterocycles. The predicted molar refractivity (Wildman–Crippen MR) is 313 cm³/mol. The molecular formula is C66H84Si2Ti2. The summed E-state index contributed by atoms with van der Waals surface area (Å²) in [4.78, 5) is 0. The van der Waals surface area contributed by atoms with Crippen LogP contribution in [-0.2, 0) is 43.4 Å². The molecule has 2 aliphatic rings. The summed E-state index contributed by atoms with van der Waals surface area (Å²) in [6, 6.07) is 54.9. The van der Waals surface area contributed by atoms with Gasteiger partial charge < -0.3 is 44.6 Å². The summed E-state index contributed by atoms with van der Waals surface area (Å²) < 4.78 is 0. The average molecular weight is 1030 g/mol. The summed E-state index contributed by atoms with van der Waals surface area (Å²) in [7, 11) is -5.10. The maximum atomic E-state index is 4.06. The minimum Gasteiger partial charge on any atom is -0.358 e. The maximum absolute atomic E-state index is 4.06. The normalized spacial score (nSPS) is 16.8. The van der Waals surface area contributed by atoms with Crippen molar-refractivity contribution in [3.05, 3.63) is 269 Å². The first-order valence-electron chi connectivity index (χ1n) is 22.5. The van der Waals surface area contributed by atoms with Gasteiger partial charge in [-0.15, -0.1) is 13.8 Å². The topological polar surface area (TPSA) is 0 Å². The Morgan fingerprint density at radius 1 is 0.329 bits per heavy atom. The van der Waals surface area contributed by atoms with Crippen molar-refractivity contribution in [2.45, 2.75) is 107 Å². The third-order valence-corrected chi connectivity index (χ3v) is 27.0. The molecule has 2 atom stereocenters. The molecule has 2 unspecified atom stereocenters. The fourth-order valence-electron chi connectivity index (χ4n) is 11.1. The van der Waals surface area contributed by atoms with Crippen LogP contribution in [0.15, 0.2) is 179 Å². The van der Waals surface area contributed by atoms with Gasteiger partial charge in [0.15, 0.2) is 0 Å². The van der Waals surface area contributed by atoms with E-state index in [-0.39, 0.29) is 98.1 Å². The Morgan fingerprint density at radius 2 is 0.614 bits per heavy atom. The molecule has 0 N–H and O–H groups in total. The molecule has 0 aliphatic heterocycles. The molecule has 0 amide bonds. The van der Waals surface area contributed by atoms with E-state index < -0.39 is 16.1 Å². The average Bonchev–Trinajstić information content (AvgIpc) is 3.60. The minimum atomic E-state index is -2.60. The number of benzene rings is 6. The molecule has 0 fully saturated rings. The van der Waals surface area contributed by atoms with Crippen molar-refractivity contribution in [1.82, 2.24) is 0 Å². The Kier molecular flexibility index (Phi) is 26.0. The molecule has 0 bridgehead atoms. The maximum Gasteiger partial charge on any atom is 4.00 e. The zero-order chi connectivity index (χ0) is 44.8. The van der Waals surface area contributed by atoms with E-state index in [0.29, 0.717) is 0 Å². The molecule has 4 heteroatoms. The number of hydrogen-bond donors (Lipinski definition) is 0. The van der Waals surface area contributed by atoms with E-state index in [4.69, 9.17) is 0 Å². The van der Waals surface area contributed by atoms with Gasteiger partial charge in [-0.2, -0.15) is 22.3 Å². The predicted octanol–water partition coefficient (Wildman–Crippen LogP) is 14.6. The van der Waals surface area contributed by atoms with Gasteiger partial charge in [-0.1, -0.05) is 208 Å². The van der Waals surface area contributed by atoms with Gasteiger partial charge in [-0.3, -0.25) is 12.2 Å². The Labute approximate surface area is 463 Å². The molecule has 0 radical (unpaired) electrons. The first-order chi connectivity index (χ1) is 29.5. The first kappa shape index (κ1) is 68.2. The standard InChI is InChI=1S/C31H35Si.C29H31Si.6CH3.2Ti/c1-21-14-12-18-29(25(21)5)32(28-16-10-9-11-17-28,30-19-13-15-22(2)26(30)6)31(8)20-23(3)24(4)27(31)7;1-21-12-16-27(17-13-21)30(26-10-8-7-9-11-26,28-18-14-22(2)15-19-28)29(6)20-23(3)24(4)25(29)5;;;;;;;;/h9-19H,1-8H3;7-19H,1-6H3;6*1H3;;/q8*-1;2*+4. The third kappa shape index (κ3) is 11.0. The van der Waals surface area contributed by atoms with E-state index >= 15 is 0 Å². The van der Waals surface area contributed by atoms with Crippen LogP contribution in [0.4, 0.5) is 0 Å². The smallest absolute Gasteiger partial charge is 0.358 e. The fourth-order valence-corrected chi connectivity index (χ4v) is 23.6. The van der Waals surface area contributed by atoms with Crippen molar-refractivity contribution < 1.29 is 43.4 Å². The van der Waals surface area contributed by atoms with E-state index in [1.165, 1.54) is 97.9 Å². The summed E-state index contributed by atoms with van der Waals surface area (Å²) in [6.07, 6.45) is 8.06. The molecule has 2 aliphatic carbocycles. The summed E-state index contributed by atoms with van der Waals surface area (Å²) in [5.74, 6) is 0. The molecule has 8 rings (SSSR count). The molecule has 6 aromatic rings. The Balaban J connectivity index is 0. The van der Waals surface area contributed by atoms with Gasteiger partial charge in [0.05, 0.1) is 0 Å². The monoisotopic (exact) mass is 1030 g/mol. The first-order valence-corrected chi connectivity index (χ1v) is 26.5. The van der Waals surface area contributed by atoms with Crippen molar-refractivity contribution in [2.24, 2.45) is 0 Å². The molecule has 364 valence electrons.